The maximum atomic E-state index is 12.7. The van der Waals surface area contributed by atoms with Crippen LogP contribution in [-0.2, 0) is 6.54 Å². The predicted octanol–water partition coefficient (Wildman–Crippen LogP) is 1.88. The minimum absolute atomic E-state index is 0.100. The fourth-order valence-corrected chi connectivity index (χ4v) is 3.66. The number of ether oxygens (including phenoxy) is 1. The summed E-state index contributed by atoms with van der Waals surface area (Å²) in [5.74, 6) is 1.59. The van der Waals surface area contributed by atoms with E-state index in [1.165, 1.54) is 0 Å². The number of carbonyl (C=O) groups excluding carboxylic acids is 1. The molecule has 0 saturated carbocycles. The molecule has 2 aromatic heterocycles. The average Bonchev–Trinajstić information content (AvgIpc) is 3.32. The van der Waals surface area contributed by atoms with Gasteiger partial charge in [0.05, 0.1) is 31.6 Å². The Morgan fingerprint density at radius 2 is 2.19 bits per heavy atom. The number of nitrogens with zero attached hydrogens (tertiary/aromatic N) is 7. The van der Waals surface area contributed by atoms with Crippen LogP contribution in [0.4, 0.5) is 10.6 Å². The Bertz CT molecular complexity index is 1010. The fourth-order valence-electron chi connectivity index (χ4n) is 3.66. The summed E-state index contributed by atoms with van der Waals surface area (Å²) in [4.78, 5) is 16.6. The van der Waals surface area contributed by atoms with Gasteiger partial charge in [0.1, 0.15) is 11.4 Å². The average molecular weight is 422 g/mol. The Balaban J connectivity index is 1.33. The summed E-state index contributed by atoms with van der Waals surface area (Å²) < 4.78 is 6.91. The molecule has 1 aliphatic rings. The molecule has 1 fully saturated rings. The summed E-state index contributed by atoms with van der Waals surface area (Å²) in [5.41, 5.74) is 1.52. The first-order chi connectivity index (χ1) is 15.1. The highest BCUT2D eigenvalue weighted by Gasteiger charge is 2.27. The monoisotopic (exact) mass is 422 g/mol. The van der Waals surface area contributed by atoms with Gasteiger partial charge in [-0.3, -0.25) is 0 Å². The lowest BCUT2D eigenvalue weighted by molar-refractivity contribution is 0.182. The van der Waals surface area contributed by atoms with Crippen molar-refractivity contribution >= 4 is 11.8 Å². The van der Waals surface area contributed by atoms with E-state index in [0.29, 0.717) is 12.2 Å². The molecule has 31 heavy (non-hydrogen) atoms. The van der Waals surface area contributed by atoms with Crippen LogP contribution in [0.5, 0.6) is 5.75 Å². The molecule has 10 nitrogen and oxygen atoms in total. The van der Waals surface area contributed by atoms with Crippen molar-refractivity contribution < 1.29 is 9.53 Å². The van der Waals surface area contributed by atoms with E-state index < -0.39 is 0 Å². The van der Waals surface area contributed by atoms with Crippen molar-refractivity contribution in [3.63, 3.8) is 0 Å². The molecule has 4 rings (SSSR count). The van der Waals surface area contributed by atoms with E-state index in [-0.39, 0.29) is 12.1 Å². The number of benzene rings is 1. The number of hydrogen-bond acceptors (Lipinski definition) is 7. The number of likely N-dealkylation sites (N-methyl/N-ethyl adjacent to an activating group) is 1. The zero-order valence-corrected chi connectivity index (χ0v) is 17.7. The zero-order chi connectivity index (χ0) is 21.6. The highest BCUT2D eigenvalue weighted by molar-refractivity contribution is 5.74. The molecule has 1 atom stereocenters. The first-order valence-electron chi connectivity index (χ1n) is 10.2. The molecule has 0 radical (unpaired) electrons. The second kappa shape index (κ2) is 9.41. The first kappa shape index (κ1) is 20.6. The van der Waals surface area contributed by atoms with Gasteiger partial charge < -0.3 is 19.9 Å². The molecule has 1 aliphatic heterocycles. The summed E-state index contributed by atoms with van der Waals surface area (Å²) in [6.45, 7) is 1.94. The molecule has 3 aromatic rings. The molecule has 10 heteroatoms. The molecule has 0 spiro atoms. The van der Waals surface area contributed by atoms with Crippen LogP contribution in [0.3, 0.4) is 0 Å². The molecular weight excluding hydrogens is 396 g/mol. The molecular formula is C21H26N8O2. The highest BCUT2D eigenvalue weighted by atomic mass is 16.5. The number of piperidine rings is 1. The molecule has 162 valence electrons. The summed E-state index contributed by atoms with van der Waals surface area (Å²) in [5, 5.41) is 19.4. The van der Waals surface area contributed by atoms with Gasteiger partial charge in [-0.25, -0.2) is 9.48 Å². The van der Waals surface area contributed by atoms with Crippen molar-refractivity contribution in [2.24, 2.45) is 0 Å². The second-order valence-electron chi connectivity index (χ2n) is 7.45. The first-order valence-corrected chi connectivity index (χ1v) is 10.2. The van der Waals surface area contributed by atoms with Crippen LogP contribution in [0.25, 0.3) is 5.69 Å². The molecule has 0 unspecified atom stereocenters. The largest absolute Gasteiger partial charge is 0.497 e. The minimum Gasteiger partial charge on any atom is -0.497 e. The lowest BCUT2D eigenvalue weighted by atomic mass is 10.0. The number of carbonyl (C=O) groups is 1. The van der Waals surface area contributed by atoms with E-state index in [4.69, 9.17) is 4.74 Å². The zero-order valence-electron chi connectivity index (χ0n) is 17.7. The summed E-state index contributed by atoms with van der Waals surface area (Å²) in [6, 6.07) is 11.3. The van der Waals surface area contributed by atoms with Crippen LogP contribution in [0, 0.1) is 0 Å². The number of rotatable bonds is 6. The number of anilines is 1. The number of methoxy groups -OCH3 is 1. The number of hydrogen-bond donors (Lipinski definition) is 1. The van der Waals surface area contributed by atoms with Gasteiger partial charge in [-0.2, -0.15) is 5.10 Å². The molecule has 0 aliphatic carbocycles. The van der Waals surface area contributed by atoms with E-state index in [9.17, 15) is 4.79 Å². The Kier molecular flexibility index (Phi) is 6.25. The van der Waals surface area contributed by atoms with Gasteiger partial charge >= 0.3 is 6.03 Å². The maximum Gasteiger partial charge on any atom is 0.317 e. The van der Waals surface area contributed by atoms with Crippen LogP contribution in [0.1, 0.15) is 18.5 Å². The van der Waals surface area contributed by atoms with Crippen molar-refractivity contribution in [3.8, 4) is 11.4 Å². The quantitative estimate of drug-likeness (QED) is 0.647. The van der Waals surface area contributed by atoms with Gasteiger partial charge in [-0.05, 0) is 37.1 Å². The van der Waals surface area contributed by atoms with Crippen molar-refractivity contribution in [3.05, 3.63) is 54.5 Å². The van der Waals surface area contributed by atoms with Crippen LogP contribution < -0.4 is 15.0 Å². The van der Waals surface area contributed by atoms with Crippen molar-refractivity contribution in [1.29, 1.82) is 0 Å². The molecule has 3 heterocycles. The van der Waals surface area contributed by atoms with E-state index in [1.807, 2.05) is 43.4 Å². The lowest BCUT2D eigenvalue weighted by Gasteiger charge is -2.37. The summed E-state index contributed by atoms with van der Waals surface area (Å²) in [6.07, 6.45) is 5.40. The molecule has 2 amide bonds. The normalized spacial score (nSPS) is 16.1. The van der Waals surface area contributed by atoms with E-state index in [2.05, 4.69) is 30.7 Å². The minimum atomic E-state index is -0.137. The Morgan fingerprint density at radius 1 is 1.29 bits per heavy atom. The molecule has 0 bridgehead atoms. The van der Waals surface area contributed by atoms with Crippen molar-refractivity contribution in [2.75, 3.05) is 32.1 Å². The standard InChI is InChI=1S/C21H26N8O2/c1-27(18-7-5-11-28(15-18)20-9-4-10-23-25-20)21(30)22-13-16-14-29(26-24-16)17-6-3-8-19(12-17)31-2/h3-4,6,8-10,12,14,18H,5,7,11,13,15H2,1-2H3,(H,22,30)/t18-/m1/s1. The molecule has 1 N–H and O–H groups in total. The van der Waals surface area contributed by atoms with Gasteiger partial charge in [-0.1, -0.05) is 11.3 Å². The van der Waals surface area contributed by atoms with Gasteiger partial charge in [0.15, 0.2) is 5.82 Å². The molecule has 1 saturated heterocycles. The van der Waals surface area contributed by atoms with Gasteiger partial charge in [-0.15, -0.1) is 10.2 Å². The Morgan fingerprint density at radius 3 is 3.00 bits per heavy atom. The topological polar surface area (TPSA) is 101 Å². The summed E-state index contributed by atoms with van der Waals surface area (Å²) >= 11 is 0. The van der Waals surface area contributed by atoms with E-state index in [1.54, 1.807) is 29.1 Å². The third kappa shape index (κ3) is 4.90. The van der Waals surface area contributed by atoms with E-state index >= 15 is 0 Å². The lowest BCUT2D eigenvalue weighted by Crippen LogP contribution is -2.51. The third-order valence-electron chi connectivity index (χ3n) is 5.43. The smallest absolute Gasteiger partial charge is 0.317 e. The van der Waals surface area contributed by atoms with Crippen LogP contribution in [0.15, 0.2) is 48.8 Å². The number of nitrogens with one attached hydrogen (secondary N) is 1. The second-order valence-corrected chi connectivity index (χ2v) is 7.45. The van der Waals surface area contributed by atoms with Crippen molar-refractivity contribution in [1.82, 2.24) is 35.4 Å². The van der Waals surface area contributed by atoms with Gasteiger partial charge in [0, 0.05) is 32.4 Å². The Labute approximate surface area is 180 Å². The Hall–Kier alpha value is -3.69. The molecule has 1 aromatic carbocycles. The number of amides is 2. The SMILES string of the molecule is COc1cccc(-n2cc(CNC(=O)N(C)[C@@H]3CCCN(c4cccnn4)C3)nn2)c1. The van der Waals surface area contributed by atoms with Crippen LogP contribution >= 0.6 is 0 Å². The predicted molar refractivity (Wildman–Crippen MR) is 115 cm³/mol. The van der Waals surface area contributed by atoms with Gasteiger partial charge in [0.25, 0.3) is 0 Å². The van der Waals surface area contributed by atoms with Crippen LogP contribution in [0.2, 0.25) is 0 Å². The highest BCUT2D eigenvalue weighted by Crippen LogP contribution is 2.20. The maximum absolute atomic E-state index is 12.7. The number of aromatic nitrogens is 5. The number of urea groups is 1. The van der Waals surface area contributed by atoms with Crippen LogP contribution in [-0.4, -0.2) is 69.4 Å². The van der Waals surface area contributed by atoms with Gasteiger partial charge in [0.2, 0.25) is 0 Å². The summed E-state index contributed by atoms with van der Waals surface area (Å²) in [7, 11) is 3.45. The van der Waals surface area contributed by atoms with Crippen molar-refractivity contribution in [2.45, 2.75) is 25.4 Å². The fraction of sp³-hybridized carbons (Fsp3) is 0.381. The third-order valence-corrected chi connectivity index (χ3v) is 5.43. The van der Waals surface area contributed by atoms with E-state index in [0.717, 1.165) is 43.2 Å².